The summed E-state index contributed by atoms with van der Waals surface area (Å²) in [6, 6.07) is -0.0396. The first-order valence-electron chi connectivity index (χ1n) is 6.85. The highest BCUT2D eigenvalue weighted by atomic mass is 16.5. The third kappa shape index (κ3) is 4.28. The molecule has 1 saturated heterocycles. The van der Waals surface area contributed by atoms with Gasteiger partial charge in [-0.1, -0.05) is 26.7 Å². The lowest BCUT2D eigenvalue weighted by Gasteiger charge is -2.23. The molecule has 0 aliphatic carbocycles. The monoisotopic (exact) mass is 242 g/mol. The molecule has 1 fully saturated rings. The Morgan fingerprint density at radius 1 is 1.29 bits per heavy atom. The van der Waals surface area contributed by atoms with E-state index in [-0.39, 0.29) is 18.1 Å². The molecule has 0 spiro atoms. The van der Waals surface area contributed by atoms with Gasteiger partial charge in [-0.15, -0.1) is 0 Å². The molecule has 2 atom stereocenters. The second kappa shape index (κ2) is 7.67. The van der Waals surface area contributed by atoms with Crippen molar-refractivity contribution in [1.82, 2.24) is 10.2 Å². The molecular formula is C13H26N2O2. The number of unbranched alkanes of at least 4 members (excludes halogenated alkanes) is 1. The van der Waals surface area contributed by atoms with Crippen molar-refractivity contribution in [2.24, 2.45) is 0 Å². The number of nitrogens with zero attached hydrogens (tertiary/aromatic N) is 1. The number of rotatable bonds is 8. The van der Waals surface area contributed by atoms with Crippen molar-refractivity contribution in [3.63, 3.8) is 0 Å². The minimum Gasteiger partial charge on any atom is -0.380 e. The van der Waals surface area contributed by atoms with Crippen LogP contribution in [0.25, 0.3) is 0 Å². The standard InChI is InChI=1S/C13H26N2O2/c1-4-6-9-17-10-8-15-12(7-5-2)14-11(3)13(15)16/h11-12,14H,4-10H2,1-3H3. The van der Waals surface area contributed by atoms with Gasteiger partial charge in [-0.3, -0.25) is 10.1 Å². The quantitative estimate of drug-likeness (QED) is 0.659. The first-order valence-corrected chi connectivity index (χ1v) is 6.85. The summed E-state index contributed by atoms with van der Waals surface area (Å²) in [5, 5.41) is 3.33. The van der Waals surface area contributed by atoms with Crippen LogP contribution in [0.1, 0.15) is 46.5 Å². The fourth-order valence-electron chi connectivity index (χ4n) is 2.14. The van der Waals surface area contributed by atoms with E-state index in [0.717, 1.165) is 32.3 Å². The Bertz CT molecular complexity index is 233. The molecule has 1 amide bonds. The van der Waals surface area contributed by atoms with Crippen molar-refractivity contribution >= 4 is 5.91 Å². The lowest BCUT2D eigenvalue weighted by molar-refractivity contribution is -0.130. The molecular weight excluding hydrogens is 216 g/mol. The Morgan fingerprint density at radius 3 is 2.71 bits per heavy atom. The normalized spacial score (nSPS) is 24.6. The van der Waals surface area contributed by atoms with Crippen LogP contribution in [0.3, 0.4) is 0 Å². The first-order chi connectivity index (χ1) is 8.20. The predicted molar refractivity (Wildman–Crippen MR) is 68.7 cm³/mol. The Morgan fingerprint density at radius 2 is 2.06 bits per heavy atom. The highest BCUT2D eigenvalue weighted by Crippen LogP contribution is 2.14. The van der Waals surface area contributed by atoms with E-state index in [1.807, 2.05) is 11.8 Å². The number of hydrogen-bond donors (Lipinski definition) is 1. The molecule has 0 saturated carbocycles. The zero-order valence-corrected chi connectivity index (χ0v) is 11.4. The van der Waals surface area contributed by atoms with Crippen LogP contribution in [-0.4, -0.2) is 42.8 Å². The third-order valence-electron chi connectivity index (χ3n) is 3.15. The van der Waals surface area contributed by atoms with Gasteiger partial charge in [0, 0.05) is 13.2 Å². The van der Waals surface area contributed by atoms with Crippen molar-refractivity contribution in [3.8, 4) is 0 Å². The number of ether oxygens (including phenoxy) is 1. The van der Waals surface area contributed by atoms with Crippen LogP contribution in [0.5, 0.6) is 0 Å². The van der Waals surface area contributed by atoms with Gasteiger partial charge < -0.3 is 9.64 Å². The maximum Gasteiger partial charge on any atom is 0.240 e. The van der Waals surface area contributed by atoms with Gasteiger partial charge in [0.05, 0.1) is 18.8 Å². The van der Waals surface area contributed by atoms with Crippen LogP contribution in [0, 0.1) is 0 Å². The Hall–Kier alpha value is -0.610. The minimum atomic E-state index is -0.0396. The van der Waals surface area contributed by atoms with Crippen LogP contribution >= 0.6 is 0 Å². The summed E-state index contributed by atoms with van der Waals surface area (Å²) in [6.45, 7) is 8.40. The Labute approximate surface area is 105 Å². The molecule has 0 aromatic carbocycles. The second-order valence-corrected chi connectivity index (χ2v) is 4.69. The van der Waals surface area contributed by atoms with Crippen LogP contribution in [-0.2, 0) is 9.53 Å². The van der Waals surface area contributed by atoms with Gasteiger partial charge in [0.25, 0.3) is 0 Å². The number of carbonyl (C=O) groups is 1. The molecule has 4 nitrogen and oxygen atoms in total. The molecule has 1 aliphatic heterocycles. The van der Waals surface area contributed by atoms with E-state index < -0.39 is 0 Å². The predicted octanol–water partition coefficient (Wildman–Crippen LogP) is 1.75. The minimum absolute atomic E-state index is 0.0396. The number of hydrogen-bond acceptors (Lipinski definition) is 3. The summed E-state index contributed by atoms with van der Waals surface area (Å²) in [7, 11) is 0. The third-order valence-corrected chi connectivity index (χ3v) is 3.15. The van der Waals surface area contributed by atoms with Gasteiger partial charge in [-0.05, 0) is 19.8 Å². The highest BCUT2D eigenvalue weighted by molar-refractivity contribution is 5.83. The fraction of sp³-hybridized carbons (Fsp3) is 0.923. The van der Waals surface area contributed by atoms with Crippen molar-refractivity contribution in [3.05, 3.63) is 0 Å². The van der Waals surface area contributed by atoms with Crippen molar-refractivity contribution in [2.45, 2.75) is 58.7 Å². The average molecular weight is 242 g/mol. The molecule has 0 aromatic heterocycles. The van der Waals surface area contributed by atoms with E-state index in [9.17, 15) is 4.79 Å². The Balaban J connectivity index is 2.30. The molecule has 2 unspecified atom stereocenters. The van der Waals surface area contributed by atoms with Gasteiger partial charge in [0.15, 0.2) is 0 Å². The summed E-state index contributed by atoms with van der Waals surface area (Å²) >= 11 is 0. The van der Waals surface area contributed by atoms with Crippen molar-refractivity contribution in [1.29, 1.82) is 0 Å². The molecule has 0 bridgehead atoms. The van der Waals surface area contributed by atoms with Crippen molar-refractivity contribution in [2.75, 3.05) is 19.8 Å². The fourth-order valence-corrected chi connectivity index (χ4v) is 2.14. The maximum atomic E-state index is 11.9. The molecule has 17 heavy (non-hydrogen) atoms. The first kappa shape index (κ1) is 14.5. The summed E-state index contributed by atoms with van der Waals surface area (Å²) in [4.78, 5) is 13.8. The van der Waals surface area contributed by atoms with Gasteiger partial charge in [0.2, 0.25) is 5.91 Å². The van der Waals surface area contributed by atoms with Crippen LogP contribution in [0.15, 0.2) is 0 Å². The van der Waals surface area contributed by atoms with E-state index in [4.69, 9.17) is 4.74 Å². The Kier molecular flexibility index (Phi) is 6.52. The topological polar surface area (TPSA) is 41.6 Å². The lowest BCUT2D eigenvalue weighted by Crippen LogP contribution is -2.39. The van der Waals surface area contributed by atoms with E-state index in [1.165, 1.54) is 0 Å². The van der Waals surface area contributed by atoms with Crippen molar-refractivity contribution < 1.29 is 9.53 Å². The maximum absolute atomic E-state index is 11.9. The molecule has 1 N–H and O–H groups in total. The summed E-state index contributed by atoms with van der Waals surface area (Å²) in [5.41, 5.74) is 0. The van der Waals surface area contributed by atoms with Crippen LogP contribution in [0.4, 0.5) is 0 Å². The smallest absolute Gasteiger partial charge is 0.240 e. The van der Waals surface area contributed by atoms with Gasteiger partial charge in [0.1, 0.15) is 0 Å². The zero-order chi connectivity index (χ0) is 12.7. The largest absolute Gasteiger partial charge is 0.380 e. The van der Waals surface area contributed by atoms with Crippen LogP contribution in [0.2, 0.25) is 0 Å². The summed E-state index contributed by atoms with van der Waals surface area (Å²) in [6.07, 6.45) is 4.56. The van der Waals surface area contributed by atoms with Crippen LogP contribution < -0.4 is 5.32 Å². The summed E-state index contributed by atoms with van der Waals surface area (Å²) in [5.74, 6) is 0.211. The molecule has 1 rings (SSSR count). The molecule has 4 heteroatoms. The SMILES string of the molecule is CCCCOCCN1C(=O)C(C)NC1CCC. The number of nitrogens with one attached hydrogen (secondary N) is 1. The van der Waals surface area contributed by atoms with Gasteiger partial charge in [-0.2, -0.15) is 0 Å². The molecule has 0 radical (unpaired) electrons. The highest BCUT2D eigenvalue weighted by Gasteiger charge is 2.34. The number of carbonyl (C=O) groups excluding carboxylic acids is 1. The average Bonchev–Trinajstić information content (AvgIpc) is 2.57. The van der Waals surface area contributed by atoms with Gasteiger partial charge in [-0.25, -0.2) is 0 Å². The number of amides is 1. The molecule has 1 heterocycles. The van der Waals surface area contributed by atoms with E-state index in [0.29, 0.717) is 13.2 Å². The van der Waals surface area contributed by atoms with E-state index in [1.54, 1.807) is 0 Å². The second-order valence-electron chi connectivity index (χ2n) is 4.69. The molecule has 100 valence electrons. The summed E-state index contributed by atoms with van der Waals surface area (Å²) < 4.78 is 5.52. The molecule has 0 aromatic rings. The van der Waals surface area contributed by atoms with E-state index >= 15 is 0 Å². The lowest BCUT2D eigenvalue weighted by atomic mass is 10.2. The van der Waals surface area contributed by atoms with E-state index in [2.05, 4.69) is 19.2 Å². The zero-order valence-electron chi connectivity index (χ0n) is 11.4. The molecule has 1 aliphatic rings. The van der Waals surface area contributed by atoms with Gasteiger partial charge >= 0.3 is 0 Å².